The van der Waals surface area contributed by atoms with Gasteiger partial charge in [0.2, 0.25) is 5.91 Å². The number of benzene rings is 1. The van der Waals surface area contributed by atoms with E-state index in [2.05, 4.69) is 17.2 Å². The number of carboxylic acid groups (broad SMARTS) is 1. The first-order valence-corrected chi connectivity index (χ1v) is 7.39. The summed E-state index contributed by atoms with van der Waals surface area (Å²) in [7, 11) is 0. The smallest absolute Gasteiger partial charge is 0.308 e. The molecule has 2 aromatic rings. The van der Waals surface area contributed by atoms with Crippen molar-refractivity contribution in [3.8, 4) is 11.3 Å². The number of hydrogen-bond acceptors (Lipinski definition) is 4. The van der Waals surface area contributed by atoms with Crippen molar-refractivity contribution in [2.75, 3.05) is 5.32 Å². The number of carbonyl (C=O) groups excluding carboxylic acids is 1. The highest BCUT2D eigenvalue weighted by Crippen LogP contribution is 2.31. The number of carboxylic acids is 1. The number of aliphatic carboxylic acids is 1. The van der Waals surface area contributed by atoms with Crippen molar-refractivity contribution in [3.63, 3.8) is 0 Å². The molecule has 0 atom stereocenters. The van der Waals surface area contributed by atoms with Gasteiger partial charge < -0.3 is 10.4 Å². The predicted molar refractivity (Wildman–Crippen MR) is 82.6 cm³/mol. The van der Waals surface area contributed by atoms with E-state index in [0.717, 1.165) is 12.0 Å². The molecule has 0 radical (unpaired) electrons. The Hall–Kier alpha value is -2.21. The molecule has 5 nitrogen and oxygen atoms in total. The molecule has 110 valence electrons. The van der Waals surface area contributed by atoms with Crippen molar-refractivity contribution in [3.05, 3.63) is 34.7 Å². The predicted octanol–water partition coefficient (Wildman–Crippen LogP) is 2.96. The Morgan fingerprint density at radius 1 is 1.29 bits per heavy atom. The second-order valence-corrected chi connectivity index (χ2v) is 5.68. The average Bonchev–Trinajstić information content (AvgIpc) is 2.79. The van der Waals surface area contributed by atoms with Crippen molar-refractivity contribution in [1.29, 1.82) is 0 Å². The largest absolute Gasteiger partial charge is 0.481 e. The van der Waals surface area contributed by atoms with Gasteiger partial charge in [0.1, 0.15) is 0 Å². The Morgan fingerprint density at radius 3 is 2.48 bits per heavy atom. The lowest BCUT2D eigenvalue weighted by atomic mass is 10.1. The third kappa shape index (κ3) is 3.88. The van der Waals surface area contributed by atoms with E-state index < -0.39 is 5.97 Å². The molecule has 0 saturated carbocycles. The van der Waals surface area contributed by atoms with E-state index in [1.165, 1.54) is 23.8 Å². The summed E-state index contributed by atoms with van der Waals surface area (Å²) in [6, 6.07) is 7.85. The summed E-state index contributed by atoms with van der Waals surface area (Å²) in [4.78, 5) is 27.1. The minimum absolute atomic E-state index is 0.109. The SMILES string of the molecule is CCc1ccc(-c2nc(NC(C)=O)sc2CC(=O)O)cc1. The number of anilines is 1. The zero-order chi connectivity index (χ0) is 15.4. The highest BCUT2D eigenvalue weighted by Gasteiger charge is 2.16. The van der Waals surface area contributed by atoms with E-state index in [4.69, 9.17) is 5.11 Å². The van der Waals surface area contributed by atoms with Gasteiger partial charge in [0.15, 0.2) is 5.13 Å². The molecule has 21 heavy (non-hydrogen) atoms. The Labute approximate surface area is 126 Å². The Morgan fingerprint density at radius 2 is 1.95 bits per heavy atom. The summed E-state index contributed by atoms with van der Waals surface area (Å²) in [5.74, 6) is -1.14. The molecule has 0 spiro atoms. The molecule has 1 aromatic carbocycles. The van der Waals surface area contributed by atoms with Crippen molar-refractivity contribution >= 4 is 28.3 Å². The summed E-state index contributed by atoms with van der Waals surface area (Å²) >= 11 is 1.20. The zero-order valence-electron chi connectivity index (χ0n) is 11.8. The normalized spacial score (nSPS) is 10.4. The van der Waals surface area contributed by atoms with Gasteiger partial charge in [-0.05, 0) is 12.0 Å². The second-order valence-electron chi connectivity index (χ2n) is 4.59. The van der Waals surface area contributed by atoms with Crippen molar-refractivity contribution in [2.24, 2.45) is 0 Å². The van der Waals surface area contributed by atoms with Gasteiger partial charge in [-0.25, -0.2) is 4.98 Å². The Balaban J connectivity index is 2.40. The number of rotatable bonds is 5. The lowest BCUT2D eigenvalue weighted by molar-refractivity contribution is -0.136. The van der Waals surface area contributed by atoms with Crippen LogP contribution in [0.2, 0.25) is 0 Å². The van der Waals surface area contributed by atoms with Crippen LogP contribution in [0.5, 0.6) is 0 Å². The van der Waals surface area contributed by atoms with Gasteiger partial charge in [-0.1, -0.05) is 31.2 Å². The minimum Gasteiger partial charge on any atom is -0.481 e. The van der Waals surface area contributed by atoms with Crippen LogP contribution < -0.4 is 5.32 Å². The van der Waals surface area contributed by atoms with E-state index >= 15 is 0 Å². The van der Waals surface area contributed by atoms with Crippen LogP contribution in [0.3, 0.4) is 0 Å². The van der Waals surface area contributed by atoms with Crippen LogP contribution in [-0.2, 0) is 22.4 Å². The summed E-state index contributed by atoms with van der Waals surface area (Å²) in [6.07, 6.45) is 0.832. The monoisotopic (exact) mass is 304 g/mol. The maximum atomic E-state index is 11.1. The van der Waals surface area contributed by atoms with Crippen LogP contribution in [-0.4, -0.2) is 22.0 Å². The Bertz CT molecular complexity index is 662. The molecule has 6 heteroatoms. The molecule has 2 rings (SSSR count). The molecule has 0 aliphatic rings. The fourth-order valence-corrected chi connectivity index (χ4v) is 2.96. The van der Waals surface area contributed by atoms with Crippen molar-refractivity contribution < 1.29 is 14.7 Å². The van der Waals surface area contributed by atoms with Gasteiger partial charge in [-0.2, -0.15) is 0 Å². The van der Waals surface area contributed by atoms with Gasteiger partial charge in [0.05, 0.1) is 12.1 Å². The number of aryl methyl sites for hydroxylation is 1. The molecular weight excluding hydrogens is 288 g/mol. The first-order chi connectivity index (χ1) is 9.99. The molecule has 0 saturated heterocycles. The van der Waals surface area contributed by atoms with Gasteiger partial charge >= 0.3 is 5.97 Å². The molecule has 0 fully saturated rings. The summed E-state index contributed by atoms with van der Waals surface area (Å²) < 4.78 is 0. The number of nitrogens with zero attached hydrogens (tertiary/aromatic N) is 1. The molecule has 0 aliphatic carbocycles. The summed E-state index contributed by atoms with van der Waals surface area (Å²) in [5.41, 5.74) is 2.68. The quantitative estimate of drug-likeness (QED) is 0.890. The number of nitrogens with one attached hydrogen (secondary N) is 1. The van der Waals surface area contributed by atoms with Crippen LogP contribution in [0.4, 0.5) is 5.13 Å². The molecule has 1 amide bonds. The lowest BCUT2D eigenvalue weighted by Gasteiger charge is -2.02. The third-order valence-corrected chi connectivity index (χ3v) is 3.90. The molecule has 2 N–H and O–H groups in total. The fourth-order valence-electron chi connectivity index (χ4n) is 1.94. The van der Waals surface area contributed by atoms with E-state index in [1.54, 1.807) is 0 Å². The topological polar surface area (TPSA) is 79.3 Å². The van der Waals surface area contributed by atoms with Gasteiger partial charge in [-0.15, -0.1) is 11.3 Å². The number of hydrogen-bond donors (Lipinski definition) is 2. The van der Waals surface area contributed by atoms with E-state index in [-0.39, 0.29) is 12.3 Å². The van der Waals surface area contributed by atoms with Crippen LogP contribution in [0.25, 0.3) is 11.3 Å². The number of amides is 1. The molecule has 0 aliphatic heterocycles. The van der Waals surface area contributed by atoms with E-state index in [9.17, 15) is 9.59 Å². The summed E-state index contributed by atoms with van der Waals surface area (Å²) in [6.45, 7) is 3.47. The van der Waals surface area contributed by atoms with Crippen LogP contribution >= 0.6 is 11.3 Å². The fraction of sp³-hybridized carbons (Fsp3) is 0.267. The Kier molecular flexibility index (Phi) is 4.70. The molecule has 0 bridgehead atoms. The third-order valence-electron chi connectivity index (χ3n) is 2.93. The molecule has 0 unspecified atom stereocenters. The highest BCUT2D eigenvalue weighted by molar-refractivity contribution is 7.16. The van der Waals surface area contributed by atoms with Gasteiger partial charge in [0.25, 0.3) is 0 Å². The van der Waals surface area contributed by atoms with Crippen molar-refractivity contribution in [1.82, 2.24) is 4.98 Å². The first-order valence-electron chi connectivity index (χ1n) is 6.58. The maximum absolute atomic E-state index is 11.1. The van der Waals surface area contributed by atoms with E-state index in [1.807, 2.05) is 24.3 Å². The lowest BCUT2D eigenvalue weighted by Crippen LogP contribution is -2.04. The maximum Gasteiger partial charge on any atom is 0.308 e. The van der Waals surface area contributed by atoms with Crippen LogP contribution in [0, 0.1) is 0 Å². The molecule has 1 heterocycles. The van der Waals surface area contributed by atoms with Crippen LogP contribution in [0.1, 0.15) is 24.3 Å². The summed E-state index contributed by atoms with van der Waals surface area (Å²) in [5, 5.41) is 12.0. The number of aromatic nitrogens is 1. The van der Waals surface area contributed by atoms with Gasteiger partial charge in [-0.3, -0.25) is 9.59 Å². The molecular formula is C15H16N2O3S. The molecule has 1 aromatic heterocycles. The second kappa shape index (κ2) is 6.49. The van der Waals surface area contributed by atoms with Crippen LogP contribution in [0.15, 0.2) is 24.3 Å². The number of carbonyl (C=O) groups is 2. The number of thiazole rings is 1. The zero-order valence-corrected chi connectivity index (χ0v) is 12.7. The van der Waals surface area contributed by atoms with Crippen molar-refractivity contribution in [2.45, 2.75) is 26.7 Å². The standard InChI is InChI=1S/C15H16N2O3S/c1-3-10-4-6-11(7-5-10)14-12(8-13(19)20)21-15(17-14)16-9(2)18/h4-7H,3,8H2,1-2H3,(H,19,20)(H,16,17,18). The first kappa shape index (κ1) is 15.2. The average molecular weight is 304 g/mol. The minimum atomic E-state index is -0.917. The van der Waals surface area contributed by atoms with E-state index in [0.29, 0.717) is 15.7 Å². The van der Waals surface area contributed by atoms with Gasteiger partial charge in [0, 0.05) is 17.4 Å². The highest BCUT2D eigenvalue weighted by atomic mass is 32.1.